The van der Waals surface area contributed by atoms with Gasteiger partial charge in [0.2, 0.25) is 5.91 Å². The van der Waals surface area contributed by atoms with E-state index in [0.717, 1.165) is 22.3 Å². The zero-order chi connectivity index (χ0) is 19.0. The van der Waals surface area contributed by atoms with Crippen LogP contribution in [0.4, 0.5) is 5.69 Å². The number of hydrogen-bond acceptors (Lipinski definition) is 5. The Morgan fingerprint density at radius 1 is 1.19 bits per heavy atom. The molecule has 2 heterocycles. The van der Waals surface area contributed by atoms with E-state index in [2.05, 4.69) is 15.4 Å². The molecule has 0 fully saturated rings. The van der Waals surface area contributed by atoms with Gasteiger partial charge in [-0.25, -0.2) is 14.5 Å². The molecule has 1 atom stereocenters. The topological polar surface area (TPSA) is 90.0 Å². The predicted octanol–water partition coefficient (Wildman–Crippen LogP) is 2.89. The summed E-state index contributed by atoms with van der Waals surface area (Å²) in [4.78, 5) is 28.4. The minimum atomic E-state index is -0.377. The Morgan fingerprint density at radius 2 is 1.92 bits per heavy atom. The maximum atomic E-state index is 12.6. The first-order valence-corrected chi connectivity index (χ1v) is 8.48. The van der Waals surface area contributed by atoms with Crippen LogP contribution in [0.5, 0.6) is 0 Å². The molecule has 1 aromatic carbocycles. The number of carbonyl (C=O) groups is 1. The number of aromatic nitrogens is 3. The SMILES string of the molecule is Cc1nc(C)n(CC(C)C(=O)Nc2cc3c(C)cc(=O)oc3cc2C)n1. The number of fused-ring (bicyclic) bond motifs is 1. The molecule has 3 aromatic rings. The van der Waals surface area contributed by atoms with E-state index in [0.29, 0.717) is 23.6 Å². The molecule has 7 nitrogen and oxygen atoms in total. The smallest absolute Gasteiger partial charge is 0.336 e. The van der Waals surface area contributed by atoms with Crippen molar-refractivity contribution in [3.05, 3.63) is 51.4 Å². The van der Waals surface area contributed by atoms with Gasteiger partial charge in [0.05, 0.1) is 12.5 Å². The van der Waals surface area contributed by atoms with Crippen LogP contribution in [-0.4, -0.2) is 20.7 Å². The van der Waals surface area contributed by atoms with Crippen LogP contribution in [0.25, 0.3) is 11.0 Å². The van der Waals surface area contributed by atoms with Gasteiger partial charge in [0.15, 0.2) is 0 Å². The molecule has 1 unspecified atom stereocenters. The number of rotatable bonds is 4. The molecule has 3 rings (SSSR count). The molecule has 26 heavy (non-hydrogen) atoms. The molecule has 1 N–H and O–H groups in total. The highest BCUT2D eigenvalue weighted by Crippen LogP contribution is 2.25. The van der Waals surface area contributed by atoms with Gasteiger partial charge in [0, 0.05) is 17.1 Å². The highest BCUT2D eigenvalue weighted by molar-refractivity contribution is 5.96. The summed E-state index contributed by atoms with van der Waals surface area (Å²) in [6.07, 6.45) is 0. The maximum absolute atomic E-state index is 12.6. The first-order chi connectivity index (χ1) is 12.2. The summed E-state index contributed by atoms with van der Waals surface area (Å²) in [6.45, 7) is 9.72. The Labute approximate surface area is 151 Å². The van der Waals surface area contributed by atoms with Crippen molar-refractivity contribution in [2.24, 2.45) is 5.92 Å². The molecule has 136 valence electrons. The Morgan fingerprint density at radius 3 is 2.58 bits per heavy atom. The fraction of sp³-hybridized carbons (Fsp3) is 0.368. The van der Waals surface area contributed by atoms with Crippen molar-refractivity contribution >= 4 is 22.6 Å². The summed E-state index contributed by atoms with van der Waals surface area (Å²) in [5, 5.41) is 8.08. The molecular formula is C19H22N4O3. The van der Waals surface area contributed by atoms with Crippen LogP contribution in [0.1, 0.15) is 29.7 Å². The first-order valence-electron chi connectivity index (χ1n) is 8.48. The van der Waals surface area contributed by atoms with E-state index in [-0.39, 0.29) is 17.5 Å². The van der Waals surface area contributed by atoms with E-state index in [1.165, 1.54) is 6.07 Å². The minimum absolute atomic E-state index is 0.102. The summed E-state index contributed by atoms with van der Waals surface area (Å²) in [7, 11) is 0. The first kappa shape index (κ1) is 17.8. The van der Waals surface area contributed by atoms with E-state index < -0.39 is 0 Å². The molecule has 0 saturated heterocycles. The second-order valence-electron chi connectivity index (χ2n) is 6.69. The van der Waals surface area contributed by atoms with Gasteiger partial charge >= 0.3 is 5.63 Å². The quantitative estimate of drug-likeness (QED) is 0.728. The average Bonchev–Trinajstić information content (AvgIpc) is 2.86. The zero-order valence-corrected chi connectivity index (χ0v) is 15.6. The van der Waals surface area contributed by atoms with Crippen LogP contribution in [-0.2, 0) is 11.3 Å². The van der Waals surface area contributed by atoms with Crippen molar-refractivity contribution in [1.82, 2.24) is 14.8 Å². The number of carbonyl (C=O) groups excluding carboxylic acids is 1. The summed E-state index contributed by atoms with van der Waals surface area (Å²) in [5.41, 5.74) is 2.50. The molecule has 7 heteroatoms. The van der Waals surface area contributed by atoms with Crippen molar-refractivity contribution in [3.8, 4) is 0 Å². The van der Waals surface area contributed by atoms with E-state index in [1.807, 2.05) is 40.7 Å². The van der Waals surface area contributed by atoms with Gasteiger partial charge in [-0.3, -0.25) is 4.79 Å². The van der Waals surface area contributed by atoms with Crippen molar-refractivity contribution in [2.75, 3.05) is 5.32 Å². The zero-order valence-electron chi connectivity index (χ0n) is 15.6. The maximum Gasteiger partial charge on any atom is 0.336 e. The van der Waals surface area contributed by atoms with Crippen molar-refractivity contribution in [2.45, 2.75) is 41.2 Å². The second-order valence-corrected chi connectivity index (χ2v) is 6.69. The third-order valence-corrected chi connectivity index (χ3v) is 4.41. The number of nitrogens with zero attached hydrogens (tertiary/aromatic N) is 3. The largest absolute Gasteiger partial charge is 0.423 e. The monoisotopic (exact) mass is 354 g/mol. The highest BCUT2D eigenvalue weighted by Gasteiger charge is 2.17. The summed E-state index contributed by atoms with van der Waals surface area (Å²) in [6, 6.07) is 5.06. The molecule has 0 radical (unpaired) electrons. The van der Waals surface area contributed by atoms with Gasteiger partial charge in [-0.15, -0.1) is 0 Å². The van der Waals surface area contributed by atoms with E-state index in [1.54, 1.807) is 10.7 Å². The Kier molecular flexibility index (Phi) is 4.63. The fourth-order valence-electron chi connectivity index (χ4n) is 2.93. The third-order valence-electron chi connectivity index (χ3n) is 4.41. The van der Waals surface area contributed by atoms with Crippen LogP contribution in [0, 0.1) is 33.6 Å². The summed E-state index contributed by atoms with van der Waals surface area (Å²) < 4.78 is 6.98. The van der Waals surface area contributed by atoms with Gasteiger partial charge in [0.1, 0.15) is 17.2 Å². The number of aryl methyl sites for hydroxylation is 4. The van der Waals surface area contributed by atoms with Crippen molar-refractivity contribution < 1.29 is 9.21 Å². The fourth-order valence-corrected chi connectivity index (χ4v) is 2.93. The Balaban J connectivity index is 1.83. The molecule has 0 bridgehead atoms. The second kappa shape index (κ2) is 6.74. The van der Waals surface area contributed by atoms with Crippen LogP contribution >= 0.6 is 0 Å². The normalized spacial score (nSPS) is 12.3. The molecular weight excluding hydrogens is 332 g/mol. The van der Waals surface area contributed by atoms with Gasteiger partial charge in [-0.1, -0.05) is 6.92 Å². The minimum Gasteiger partial charge on any atom is -0.423 e. The lowest BCUT2D eigenvalue weighted by molar-refractivity contribution is -0.119. The van der Waals surface area contributed by atoms with E-state index >= 15 is 0 Å². The van der Waals surface area contributed by atoms with Gasteiger partial charge < -0.3 is 9.73 Å². The molecule has 0 aliphatic carbocycles. The molecule has 0 aliphatic heterocycles. The third kappa shape index (κ3) is 3.51. The van der Waals surface area contributed by atoms with Crippen molar-refractivity contribution in [3.63, 3.8) is 0 Å². The molecule has 0 spiro atoms. The summed E-state index contributed by atoms with van der Waals surface area (Å²) >= 11 is 0. The Bertz CT molecular complexity index is 1050. The van der Waals surface area contributed by atoms with Crippen LogP contribution in [0.15, 0.2) is 27.4 Å². The van der Waals surface area contributed by atoms with Gasteiger partial charge in [-0.05, 0) is 51.0 Å². The number of benzene rings is 1. The molecule has 0 aliphatic rings. The van der Waals surface area contributed by atoms with Gasteiger partial charge in [0.25, 0.3) is 0 Å². The van der Waals surface area contributed by atoms with Crippen molar-refractivity contribution in [1.29, 1.82) is 0 Å². The lowest BCUT2D eigenvalue weighted by Gasteiger charge is -2.15. The average molecular weight is 354 g/mol. The van der Waals surface area contributed by atoms with E-state index in [9.17, 15) is 9.59 Å². The van der Waals surface area contributed by atoms with Crippen LogP contribution in [0.3, 0.4) is 0 Å². The van der Waals surface area contributed by atoms with Crippen LogP contribution < -0.4 is 10.9 Å². The number of amides is 1. The molecule has 0 saturated carbocycles. The standard InChI is InChI=1S/C19H22N4O3/c1-10-7-18(24)26-17-6-11(2)16(8-15(10)17)21-19(25)12(3)9-23-14(5)20-13(4)22-23/h6-8,12H,9H2,1-5H3,(H,21,25). The predicted molar refractivity (Wildman–Crippen MR) is 99.2 cm³/mol. The number of anilines is 1. The molecule has 1 amide bonds. The van der Waals surface area contributed by atoms with Crippen LogP contribution in [0.2, 0.25) is 0 Å². The Hall–Kier alpha value is -2.96. The van der Waals surface area contributed by atoms with Gasteiger partial charge in [-0.2, -0.15) is 5.10 Å². The van der Waals surface area contributed by atoms with E-state index in [4.69, 9.17) is 4.42 Å². The lowest BCUT2D eigenvalue weighted by atomic mass is 10.1. The highest BCUT2D eigenvalue weighted by atomic mass is 16.4. The lowest BCUT2D eigenvalue weighted by Crippen LogP contribution is -2.25. The summed E-state index contributed by atoms with van der Waals surface area (Å²) in [5.74, 6) is 1.10. The number of nitrogens with one attached hydrogen (secondary N) is 1. The number of hydrogen-bond donors (Lipinski definition) is 1. The molecule has 2 aromatic heterocycles.